The Bertz CT molecular complexity index is 260. The predicted molar refractivity (Wildman–Crippen MR) is 70.7 cm³/mol. The number of likely N-dealkylation sites (tertiary alicyclic amines) is 1. The lowest BCUT2D eigenvalue weighted by molar-refractivity contribution is -0.126. The van der Waals surface area contributed by atoms with Gasteiger partial charge in [-0.05, 0) is 24.8 Å². The van der Waals surface area contributed by atoms with Crippen molar-refractivity contribution in [3.63, 3.8) is 0 Å². The first kappa shape index (κ1) is 14.5. The molecule has 4 heteroatoms. The van der Waals surface area contributed by atoms with Crippen molar-refractivity contribution in [2.45, 2.75) is 39.7 Å². The Labute approximate surface area is 105 Å². The summed E-state index contributed by atoms with van der Waals surface area (Å²) >= 11 is 0. The van der Waals surface area contributed by atoms with Crippen LogP contribution < -0.4 is 11.1 Å². The minimum atomic E-state index is 0.130. The van der Waals surface area contributed by atoms with Crippen molar-refractivity contribution in [2.75, 3.05) is 26.7 Å². The van der Waals surface area contributed by atoms with Crippen molar-refractivity contribution < 1.29 is 4.79 Å². The van der Waals surface area contributed by atoms with Crippen LogP contribution in [0, 0.1) is 11.3 Å². The highest BCUT2D eigenvalue weighted by atomic mass is 16.1. The van der Waals surface area contributed by atoms with E-state index in [1.807, 2.05) is 0 Å². The number of nitrogens with two attached hydrogens (primary N) is 1. The molecule has 0 bridgehead atoms. The van der Waals surface area contributed by atoms with E-state index in [0.29, 0.717) is 12.6 Å². The van der Waals surface area contributed by atoms with Gasteiger partial charge in [-0.15, -0.1) is 0 Å². The van der Waals surface area contributed by atoms with Crippen LogP contribution in [0.25, 0.3) is 0 Å². The summed E-state index contributed by atoms with van der Waals surface area (Å²) in [6, 6.07) is 0.356. The molecule has 17 heavy (non-hydrogen) atoms. The van der Waals surface area contributed by atoms with Gasteiger partial charge in [0, 0.05) is 26.2 Å². The van der Waals surface area contributed by atoms with Crippen molar-refractivity contribution in [1.82, 2.24) is 10.2 Å². The van der Waals surface area contributed by atoms with Crippen LogP contribution in [0.2, 0.25) is 0 Å². The zero-order valence-electron chi connectivity index (χ0n) is 11.6. The van der Waals surface area contributed by atoms with E-state index in [4.69, 9.17) is 5.73 Å². The summed E-state index contributed by atoms with van der Waals surface area (Å²) < 4.78 is 0. The average molecular weight is 241 g/mol. The van der Waals surface area contributed by atoms with Crippen LogP contribution in [0.4, 0.5) is 0 Å². The second-order valence-electron chi connectivity index (χ2n) is 6.07. The summed E-state index contributed by atoms with van der Waals surface area (Å²) in [6.07, 6.45) is 2.09. The maximum absolute atomic E-state index is 11.7. The zero-order valence-corrected chi connectivity index (χ0v) is 11.6. The third-order valence-corrected chi connectivity index (χ3v) is 3.73. The van der Waals surface area contributed by atoms with Crippen LogP contribution in [0.1, 0.15) is 33.6 Å². The first-order chi connectivity index (χ1) is 7.90. The number of nitrogens with zero attached hydrogens (tertiary/aromatic N) is 1. The van der Waals surface area contributed by atoms with E-state index in [1.165, 1.54) is 0 Å². The second kappa shape index (κ2) is 5.83. The van der Waals surface area contributed by atoms with E-state index in [2.05, 4.69) is 31.0 Å². The van der Waals surface area contributed by atoms with Crippen LogP contribution in [0.3, 0.4) is 0 Å². The summed E-state index contributed by atoms with van der Waals surface area (Å²) in [5.74, 6) is 0.296. The molecule has 0 aromatic carbocycles. The summed E-state index contributed by atoms with van der Waals surface area (Å²) in [4.78, 5) is 14.1. The topological polar surface area (TPSA) is 58.4 Å². The number of hydrogen-bond acceptors (Lipinski definition) is 3. The first-order valence-corrected chi connectivity index (χ1v) is 6.56. The van der Waals surface area contributed by atoms with Gasteiger partial charge >= 0.3 is 0 Å². The lowest BCUT2D eigenvalue weighted by Gasteiger charge is -2.43. The number of nitrogens with one attached hydrogen (secondary N) is 1. The van der Waals surface area contributed by atoms with E-state index in [1.54, 1.807) is 7.05 Å². The van der Waals surface area contributed by atoms with Gasteiger partial charge in [-0.2, -0.15) is 0 Å². The molecule has 1 saturated heterocycles. The fraction of sp³-hybridized carbons (Fsp3) is 0.923. The largest absolute Gasteiger partial charge is 0.359 e. The number of hydrogen-bond donors (Lipinski definition) is 2. The molecule has 1 rings (SSSR count). The summed E-state index contributed by atoms with van der Waals surface area (Å²) in [5, 5.41) is 2.75. The molecule has 3 N–H and O–H groups in total. The SMILES string of the molecule is CNC(=O)C1CCCN(C(CN)C(C)(C)C)C1. The second-order valence-corrected chi connectivity index (χ2v) is 6.07. The molecule has 0 saturated carbocycles. The van der Waals surface area contributed by atoms with Crippen molar-refractivity contribution in [3.8, 4) is 0 Å². The molecule has 1 aliphatic heterocycles. The molecule has 1 aliphatic rings. The molecule has 1 amide bonds. The van der Waals surface area contributed by atoms with Gasteiger partial charge in [-0.1, -0.05) is 20.8 Å². The molecule has 2 atom stereocenters. The van der Waals surface area contributed by atoms with E-state index in [0.717, 1.165) is 25.9 Å². The Kier molecular flexibility index (Phi) is 4.95. The molecule has 2 unspecified atom stereocenters. The highest BCUT2D eigenvalue weighted by Crippen LogP contribution is 2.28. The average Bonchev–Trinajstić information content (AvgIpc) is 2.27. The quantitative estimate of drug-likeness (QED) is 0.769. The van der Waals surface area contributed by atoms with Crippen LogP contribution in [0.15, 0.2) is 0 Å². The molecule has 1 heterocycles. The minimum absolute atomic E-state index is 0.130. The van der Waals surface area contributed by atoms with Crippen LogP contribution in [0.5, 0.6) is 0 Å². The van der Waals surface area contributed by atoms with Crippen LogP contribution in [-0.2, 0) is 4.79 Å². The fourth-order valence-electron chi connectivity index (χ4n) is 2.76. The number of amides is 1. The van der Waals surface area contributed by atoms with Gasteiger partial charge < -0.3 is 11.1 Å². The summed E-state index contributed by atoms with van der Waals surface area (Å²) in [7, 11) is 1.71. The lowest BCUT2D eigenvalue weighted by atomic mass is 9.83. The van der Waals surface area contributed by atoms with Gasteiger partial charge in [0.05, 0.1) is 5.92 Å². The highest BCUT2D eigenvalue weighted by Gasteiger charge is 2.34. The molecule has 0 aromatic heterocycles. The van der Waals surface area contributed by atoms with Gasteiger partial charge in [0.25, 0.3) is 0 Å². The molecule has 4 nitrogen and oxygen atoms in total. The minimum Gasteiger partial charge on any atom is -0.359 e. The van der Waals surface area contributed by atoms with Crippen molar-refractivity contribution in [3.05, 3.63) is 0 Å². The molecule has 1 fully saturated rings. The Hall–Kier alpha value is -0.610. The number of piperidine rings is 1. The maximum atomic E-state index is 11.7. The van der Waals surface area contributed by atoms with Gasteiger partial charge in [0.1, 0.15) is 0 Å². The molecule has 0 spiro atoms. The maximum Gasteiger partial charge on any atom is 0.224 e. The van der Waals surface area contributed by atoms with Crippen molar-refractivity contribution in [2.24, 2.45) is 17.1 Å². The van der Waals surface area contributed by atoms with Crippen molar-refractivity contribution >= 4 is 5.91 Å². The molecule has 100 valence electrons. The molecule has 0 aromatic rings. The molecular weight excluding hydrogens is 214 g/mol. The Morgan fingerprint density at radius 1 is 1.53 bits per heavy atom. The van der Waals surface area contributed by atoms with Gasteiger partial charge in [-0.3, -0.25) is 9.69 Å². The van der Waals surface area contributed by atoms with Gasteiger partial charge in [0.15, 0.2) is 0 Å². The van der Waals surface area contributed by atoms with E-state index in [-0.39, 0.29) is 17.2 Å². The van der Waals surface area contributed by atoms with E-state index >= 15 is 0 Å². The standard InChI is InChI=1S/C13H27N3O/c1-13(2,3)11(8-14)16-7-5-6-10(9-16)12(17)15-4/h10-11H,5-9,14H2,1-4H3,(H,15,17). The Balaban J connectivity index is 2.68. The van der Waals surface area contributed by atoms with Gasteiger partial charge in [0.2, 0.25) is 5.91 Å². The monoisotopic (exact) mass is 241 g/mol. The molecule has 0 radical (unpaired) electrons. The van der Waals surface area contributed by atoms with Crippen LogP contribution >= 0.6 is 0 Å². The molecular formula is C13H27N3O. The van der Waals surface area contributed by atoms with Gasteiger partial charge in [-0.25, -0.2) is 0 Å². The number of rotatable bonds is 3. The number of carbonyl (C=O) groups is 1. The van der Waals surface area contributed by atoms with E-state index in [9.17, 15) is 4.79 Å². The third-order valence-electron chi connectivity index (χ3n) is 3.73. The summed E-state index contributed by atoms with van der Waals surface area (Å²) in [5.41, 5.74) is 6.07. The number of carbonyl (C=O) groups excluding carboxylic acids is 1. The smallest absolute Gasteiger partial charge is 0.224 e. The Morgan fingerprint density at radius 2 is 2.18 bits per heavy atom. The normalized spacial score (nSPS) is 24.4. The Morgan fingerprint density at radius 3 is 2.65 bits per heavy atom. The summed E-state index contributed by atoms with van der Waals surface area (Å²) in [6.45, 7) is 9.21. The first-order valence-electron chi connectivity index (χ1n) is 6.56. The third kappa shape index (κ3) is 3.68. The predicted octanol–water partition coefficient (Wildman–Crippen LogP) is 0.818. The van der Waals surface area contributed by atoms with Crippen molar-refractivity contribution in [1.29, 1.82) is 0 Å². The lowest BCUT2D eigenvalue weighted by Crippen LogP contribution is -2.53. The van der Waals surface area contributed by atoms with E-state index < -0.39 is 0 Å². The fourth-order valence-corrected chi connectivity index (χ4v) is 2.76. The molecule has 0 aliphatic carbocycles. The zero-order chi connectivity index (χ0) is 13.1. The highest BCUT2D eigenvalue weighted by molar-refractivity contribution is 5.78. The van der Waals surface area contributed by atoms with Crippen LogP contribution in [-0.4, -0.2) is 43.5 Å².